The predicted molar refractivity (Wildman–Crippen MR) is 56.8 cm³/mol. The lowest BCUT2D eigenvalue weighted by molar-refractivity contribution is 0.548. The molecule has 4 nitrogen and oxygen atoms in total. The van der Waals surface area contributed by atoms with Gasteiger partial charge in [-0.1, -0.05) is 19.8 Å². The summed E-state index contributed by atoms with van der Waals surface area (Å²) >= 11 is 3.28. The lowest BCUT2D eigenvalue weighted by Crippen LogP contribution is -1.92. The molecule has 7 heteroatoms. The number of nitrogens with one attached hydrogen (secondary N) is 1. The second-order valence-electron chi connectivity index (χ2n) is 3.06. The standard InChI is InChI=1S/C8H6BrFN2O2S/c1-4-6(9)3-2-5-7(4)11-12-8(5)15(10,13)14/h2-3H,1H3,(H,11,12). The molecule has 0 aliphatic rings. The molecule has 0 bridgehead atoms. The summed E-state index contributed by atoms with van der Waals surface area (Å²) in [7, 11) is -4.75. The molecular formula is C8H6BrFN2O2S. The van der Waals surface area contributed by atoms with E-state index < -0.39 is 15.2 Å². The first-order chi connectivity index (χ1) is 6.91. The Morgan fingerprint density at radius 2 is 2.13 bits per heavy atom. The van der Waals surface area contributed by atoms with Gasteiger partial charge in [0.25, 0.3) is 0 Å². The quantitative estimate of drug-likeness (QED) is 0.820. The van der Waals surface area contributed by atoms with Crippen LogP contribution in [0.15, 0.2) is 21.6 Å². The second-order valence-corrected chi connectivity index (χ2v) is 5.20. The van der Waals surface area contributed by atoms with Crippen LogP contribution in [-0.2, 0) is 10.2 Å². The molecule has 0 aliphatic carbocycles. The molecule has 0 saturated heterocycles. The van der Waals surface area contributed by atoms with Crippen LogP contribution in [0.1, 0.15) is 5.56 Å². The summed E-state index contributed by atoms with van der Waals surface area (Å²) in [5, 5.41) is 5.73. The lowest BCUT2D eigenvalue weighted by Gasteiger charge is -1.97. The van der Waals surface area contributed by atoms with Crippen LogP contribution in [0.2, 0.25) is 0 Å². The van der Waals surface area contributed by atoms with Gasteiger partial charge in [-0.05, 0) is 24.6 Å². The van der Waals surface area contributed by atoms with E-state index in [1.807, 2.05) is 0 Å². The Balaban J connectivity index is 2.90. The van der Waals surface area contributed by atoms with Gasteiger partial charge < -0.3 is 0 Å². The van der Waals surface area contributed by atoms with Gasteiger partial charge in [0.2, 0.25) is 0 Å². The molecular weight excluding hydrogens is 287 g/mol. The topological polar surface area (TPSA) is 62.8 Å². The maximum absolute atomic E-state index is 12.8. The molecule has 0 atom stereocenters. The summed E-state index contributed by atoms with van der Waals surface area (Å²) in [4.78, 5) is 0. The number of hydrogen-bond donors (Lipinski definition) is 1. The summed E-state index contributed by atoms with van der Waals surface area (Å²) in [6, 6.07) is 3.16. The van der Waals surface area contributed by atoms with E-state index in [-0.39, 0.29) is 5.39 Å². The van der Waals surface area contributed by atoms with Crippen molar-refractivity contribution in [3.8, 4) is 0 Å². The average Bonchev–Trinajstić information content (AvgIpc) is 2.54. The smallest absolute Gasteiger partial charge is 0.264 e. The van der Waals surface area contributed by atoms with Gasteiger partial charge in [0.15, 0.2) is 5.03 Å². The van der Waals surface area contributed by atoms with E-state index in [0.29, 0.717) is 5.52 Å². The van der Waals surface area contributed by atoms with Crippen LogP contribution < -0.4 is 0 Å². The Morgan fingerprint density at radius 1 is 1.47 bits per heavy atom. The number of fused-ring (bicyclic) bond motifs is 1. The zero-order chi connectivity index (χ0) is 11.2. The number of aromatic nitrogens is 2. The van der Waals surface area contributed by atoms with Gasteiger partial charge in [0, 0.05) is 9.86 Å². The zero-order valence-electron chi connectivity index (χ0n) is 7.58. The maximum Gasteiger partial charge on any atom is 0.349 e. The van der Waals surface area contributed by atoms with Crippen molar-refractivity contribution in [2.45, 2.75) is 11.9 Å². The lowest BCUT2D eigenvalue weighted by atomic mass is 10.2. The van der Waals surface area contributed by atoms with Gasteiger partial charge in [0.1, 0.15) is 0 Å². The maximum atomic E-state index is 12.8. The van der Waals surface area contributed by atoms with Crippen LogP contribution in [0.3, 0.4) is 0 Å². The van der Waals surface area contributed by atoms with E-state index in [1.165, 1.54) is 6.07 Å². The fourth-order valence-corrected chi connectivity index (χ4v) is 2.26. The number of nitrogens with zero attached hydrogens (tertiary/aromatic N) is 1. The van der Waals surface area contributed by atoms with Crippen LogP contribution in [0, 0.1) is 6.92 Å². The molecule has 0 radical (unpaired) electrons. The second kappa shape index (κ2) is 3.28. The van der Waals surface area contributed by atoms with E-state index >= 15 is 0 Å². The van der Waals surface area contributed by atoms with Gasteiger partial charge in [-0.3, -0.25) is 5.10 Å². The highest BCUT2D eigenvalue weighted by molar-refractivity contribution is 9.10. The highest BCUT2D eigenvalue weighted by atomic mass is 79.9. The highest BCUT2D eigenvalue weighted by Crippen LogP contribution is 2.28. The van der Waals surface area contributed by atoms with E-state index in [0.717, 1.165) is 10.0 Å². The van der Waals surface area contributed by atoms with Crippen LogP contribution in [0.5, 0.6) is 0 Å². The molecule has 1 N–H and O–H groups in total. The summed E-state index contributed by atoms with van der Waals surface area (Å²) in [6.45, 7) is 1.77. The summed E-state index contributed by atoms with van der Waals surface area (Å²) in [5.74, 6) is 0. The number of halogens is 2. The van der Waals surface area contributed by atoms with Crippen molar-refractivity contribution in [3.05, 3.63) is 22.2 Å². The predicted octanol–water partition coefficient (Wildman–Crippen LogP) is 2.29. The van der Waals surface area contributed by atoms with Crippen LogP contribution in [0.4, 0.5) is 3.89 Å². The Labute approximate surface area is 93.8 Å². The Hall–Kier alpha value is -0.950. The van der Waals surface area contributed by atoms with E-state index in [2.05, 4.69) is 26.1 Å². The number of H-pyrrole nitrogens is 1. The molecule has 80 valence electrons. The Morgan fingerprint density at radius 3 is 2.73 bits per heavy atom. The molecule has 0 spiro atoms. The van der Waals surface area contributed by atoms with Gasteiger partial charge in [0.05, 0.1) is 5.52 Å². The fourth-order valence-electron chi connectivity index (χ4n) is 1.36. The number of benzene rings is 1. The van der Waals surface area contributed by atoms with E-state index in [4.69, 9.17) is 0 Å². The van der Waals surface area contributed by atoms with Gasteiger partial charge in [-0.15, -0.1) is 0 Å². The first kappa shape index (κ1) is 10.6. The molecule has 1 aromatic heterocycles. The van der Waals surface area contributed by atoms with Gasteiger partial charge in [-0.2, -0.15) is 13.5 Å². The van der Waals surface area contributed by atoms with E-state index in [1.54, 1.807) is 13.0 Å². The summed E-state index contributed by atoms with van der Waals surface area (Å²) in [6.07, 6.45) is 0. The van der Waals surface area contributed by atoms with Crippen molar-refractivity contribution < 1.29 is 12.3 Å². The Kier molecular flexibility index (Phi) is 2.31. The molecule has 2 aromatic rings. The van der Waals surface area contributed by atoms with Crippen molar-refractivity contribution in [1.82, 2.24) is 10.2 Å². The molecule has 2 rings (SSSR count). The zero-order valence-corrected chi connectivity index (χ0v) is 9.99. The number of aryl methyl sites for hydroxylation is 1. The largest absolute Gasteiger partial charge is 0.349 e. The highest BCUT2D eigenvalue weighted by Gasteiger charge is 2.20. The molecule has 0 saturated carbocycles. The number of aromatic amines is 1. The van der Waals surface area contributed by atoms with Crippen molar-refractivity contribution in [2.75, 3.05) is 0 Å². The number of hydrogen-bond acceptors (Lipinski definition) is 3. The third-order valence-electron chi connectivity index (χ3n) is 2.12. The van der Waals surface area contributed by atoms with Crippen LogP contribution in [-0.4, -0.2) is 18.6 Å². The molecule has 1 aromatic carbocycles. The molecule has 0 unspecified atom stereocenters. The van der Waals surface area contributed by atoms with Gasteiger partial charge >= 0.3 is 10.2 Å². The molecule has 1 heterocycles. The SMILES string of the molecule is Cc1c(Br)ccc2c(S(=O)(=O)F)[nH]nc12. The number of rotatable bonds is 1. The minimum Gasteiger partial charge on any atom is -0.264 e. The van der Waals surface area contributed by atoms with Gasteiger partial charge in [-0.25, -0.2) is 0 Å². The third-order valence-corrected chi connectivity index (χ3v) is 3.78. The Bertz CT molecular complexity index is 635. The molecule has 0 fully saturated rings. The molecule has 0 aliphatic heterocycles. The first-order valence-corrected chi connectivity index (χ1v) is 6.17. The fraction of sp³-hybridized carbons (Fsp3) is 0.125. The van der Waals surface area contributed by atoms with Crippen molar-refractivity contribution in [3.63, 3.8) is 0 Å². The van der Waals surface area contributed by atoms with E-state index in [9.17, 15) is 12.3 Å². The summed E-state index contributed by atoms with van der Waals surface area (Å²) in [5.41, 5.74) is 1.21. The van der Waals surface area contributed by atoms with Crippen molar-refractivity contribution in [1.29, 1.82) is 0 Å². The van der Waals surface area contributed by atoms with Crippen molar-refractivity contribution >= 4 is 37.1 Å². The first-order valence-electron chi connectivity index (χ1n) is 3.99. The molecule has 0 amide bonds. The normalized spacial score (nSPS) is 12.2. The van der Waals surface area contributed by atoms with Crippen LogP contribution in [0.25, 0.3) is 10.9 Å². The molecule has 15 heavy (non-hydrogen) atoms. The van der Waals surface area contributed by atoms with Crippen LogP contribution >= 0.6 is 15.9 Å². The van der Waals surface area contributed by atoms with Crippen molar-refractivity contribution in [2.24, 2.45) is 0 Å². The monoisotopic (exact) mass is 292 g/mol. The summed E-state index contributed by atoms with van der Waals surface area (Å²) < 4.78 is 35.1. The average molecular weight is 293 g/mol. The minimum atomic E-state index is -4.75. The third kappa shape index (κ3) is 1.65. The minimum absolute atomic E-state index is 0.262.